The summed E-state index contributed by atoms with van der Waals surface area (Å²) >= 11 is 0. The van der Waals surface area contributed by atoms with Gasteiger partial charge in [-0.25, -0.2) is 14.1 Å². The molecule has 0 aliphatic rings. The number of hydrogen-bond donors (Lipinski definition) is 1. The number of hydrogen-bond acceptors (Lipinski definition) is 7. The summed E-state index contributed by atoms with van der Waals surface area (Å²) in [4.78, 5) is 31.7. The van der Waals surface area contributed by atoms with E-state index in [2.05, 4.69) is 25.3 Å². The number of carbonyl (C=O) groups is 1. The van der Waals surface area contributed by atoms with Crippen molar-refractivity contribution in [3.8, 4) is 11.5 Å². The third kappa shape index (κ3) is 3.56. The van der Waals surface area contributed by atoms with Crippen LogP contribution < -0.4 is 5.56 Å². The van der Waals surface area contributed by atoms with Crippen LogP contribution in [0.25, 0.3) is 22.6 Å². The summed E-state index contributed by atoms with van der Waals surface area (Å²) < 4.78 is 20.4. The molecule has 0 atom stereocenters. The first-order chi connectivity index (χ1) is 14.8. The maximum Gasteiger partial charge on any atom is 0.317 e. The molecule has 0 aliphatic carbocycles. The minimum absolute atomic E-state index is 0.0729. The van der Waals surface area contributed by atoms with Crippen molar-refractivity contribution in [2.24, 2.45) is 0 Å². The molecule has 9 nitrogen and oxygen atoms in total. The van der Waals surface area contributed by atoms with Crippen molar-refractivity contribution in [3.63, 3.8) is 0 Å². The number of nitrogens with zero attached hydrogens (tertiary/aromatic N) is 5. The average Bonchev–Trinajstić information content (AvgIpc) is 3.13. The number of esters is 1. The van der Waals surface area contributed by atoms with Crippen LogP contribution in [0, 0.1) is 5.82 Å². The van der Waals surface area contributed by atoms with E-state index in [1.165, 1.54) is 31.7 Å². The van der Waals surface area contributed by atoms with E-state index >= 15 is 0 Å². The van der Waals surface area contributed by atoms with Crippen LogP contribution in [0.15, 0.2) is 47.4 Å². The Kier molecular flexibility index (Phi) is 5.05. The minimum atomic E-state index is -1.28. The largest absolute Gasteiger partial charge is 0.468 e. The van der Waals surface area contributed by atoms with E-state index in [1.807, 2.05) is 0 Å². The zero-order valence-electron chi connectivity index (χ0n) is 17.1. The summed E-state index contributed by atoms with van der Waals surface area (Å²) in [5.74, 6) is -0.852. The van der Waals surface area contributed by atoms with Crippen molar-refractivity contribution in [2.75, 3.05) is 7.11 Å². The van der Waals surface area contributed by atoms with Gasteiger partial charge in [-0.3, -0.25) is 9.59 Å². The van der Waals surface area contributed by atoms with E-state index in [9.17, 15) is 14.0 Å². The van der Waals surface area contributed by atoms with Gasteiger partial charge in [0.15, 0.2) is 11.5 Å². The van der Waals surface area contributed by atoms with Crippen molar-refractivity contribution < 1.29 is 13.9 Å². The number of aromatic nitrogens is 6. The lowest BCUT2D eigenvalue weighted by atomic mass is 9.90. The number of rotatable bonds is 5. The first kappa shape index (κ1) is 20.3. The fraction of sp³-hybridized carbons (Fsp3) is 0.238. The second-order valence-electron chi connectivity index (χ2n) is 7.44. The second-order valence-corrected chi connectivity index (χ2v) is 7.44. The molecule has 4 rings (SSSR count). The van der Waals surface area contributed by atoms with Gasteiger partial charge in [-0.05, 0) is 32.0 Å². The molecule has 31 heavy (non-hydrogen) atoms. The maximum atomic E-state index is 14.1. The molecule has 158 valence electrons. The molecule has 4 aromatic rings. The fourth-order valence-electron chi connectivity index (χ4n) is 3.29. The van der Waals surface area contributed by atoms with Crippen molar-refractivity contribution in [3.05, 3.63) is 70.0 Å². The van der Waals surface area contributed by atoms with Crippen LogP contribution in [-0.4, -0.2) is 43.0 Å². The predicted molar refractivity (Wildman–Crippen MR) is 110 cm³/mol. The molecule has 0 saturated carbocycles. The molecule has 0 bridgehead atoms. The van der Waals surface area contributed by atoms with E-state index in [1.54, 1.807) is 36.5 Å². The standard InChI is InChI=1S/C21H19FN6O3/c1-21(2,20(30)31-3)16-19(29)24-17(26-25-16)15-13-8-6-10-23-18(13)28(27-15)11-12-7-4-5-9-14(12)22/h4-10H,11H2,1-3H3,(H,24,26,29). The number of fused-ring (bicyclic) bond motifs is 1. The van der Waals surface area contributed by atoms with Gasteiger partial charge in [0.05, 0.1) is 19.0 Å². The van der Waals surface area contributed by atoms with Gasteiger partial charge in [0.25, 0.3) is 5.56 Å². The van der Waals surface area contributed by atoms with Gasteiger partial charge in [-0.1, -0.05) is 18.2 Å². The number of benzene rings is 1. The average molecular weight is 422 g/mol. The number of H-pyrrole nitrogens is 1. The van der Waals surface area contributed by atoms with Gasteiger partial charge in [0, 0.05) is 11.8 Å². The monoisotopic (exact) mass is 422 g/mol. The highest BCUT2D eigenvalue weighted by Crippen LogP contribution is 2.25. The van der Waals surface area contributed by atoms with Gasteiger partial charge in [-0.15, -0.1) is 10.2 Å². The molecule has 0 fully saturated rings. The van der Waals surface area contributed by atoms with Crippen LogP contribution in [0.1, 0.15) is 25.1 Å². The highest BCUT2D eigenvalue weighted by Gasteiger charge is 2.36. The third-order valence-corrected chi connectivity index (χ3v) is 4.99. The van der Waals surface area contributed by atoms with E-state index in [0.717, 1.165) is 0 Å². The van der Waals surface area contributed by atoms with Crippen LogP contribution in [0.3, 0.4) is 0 Å². The Balaban J connectivity index is 1.81. The first-order valence-electron chi connectivity index (χ1n) is 9.44. The van der Waals surface area contributed by atoms with E-state index in [4.69, 9.17) is 4.74 Å². The summed E-state index contributed by atoms with van der Waals surface area (Å²) in [5.41, 5.74) is -0.646. The Bertz CT molecular complexity index is 1340. The molecule has 3 aromatic heterocycles. The number of carbonyl (C=O) groups excluding carboxylic acids is 1. The summed E-state index contributed by atoms with van der Waals surface area (Å²) in [6.45, 7) is 3.20. The topological polar surface area (TPSA) is 116 Å². The minimum Gasteiger partial charge on any atom is -0.468 e. The zero-order valence-corrected chi connectivity index (χ0v) is 17.1. The van der Waals surface area contributed by atoms with Gasteiger partial charge >= 0.3 is 5.97 Å². The Labute approximate surface area is 175 Å². The lowest BCUT2D eigenvalue weighted by Crippen LogP contribution is -2.38. The summed E-state index contributed by atoms with van der Waals surface area (Å²) in [5, 5.41) is 13.2. The van der Waals surface area contributed by atoms with Gasteiger partial charge in [-0.2, -0.15) is 5.10 Å². The number of halogens is 1. The number of ether oxygens (including phenoxy) is 1. The number of aromatic amines is 1. The van der Waals surface area contributed by atoms with Crippen LogP contribution in [0.4, 0.5) is 4.39 Å². The molecule has 0 amide bonds. The van der Waals surface area contributed by atoms with Crippen LogP contribution in [-0.2, 0) is 21.5 Å². The molecule has 0 saturated heterocycles. The maximum absolute atomic E-state index is 14.1. The number of pyridine rings is 1. The molecule has 1 aromatic carbocycles. The van der Waals surface area contributed by atoms with Gasteiger partial charge < -0.3 is 9.72 Å². The lowest BCUT2D eigenvalue weighted by molar-refractivity contribution is -0.146. The molecular weight excluding hydrogens is 403 g/mol. The molecule has 0 aliphatic heterocycles. The summed E-state index contributed by atoms with van der Waals surface area (Å²) in [7, 11) is 1.24. The SMILES string of the molecule is COC(=O)C(C)(C)c1nnc(-c2nn(Cc3ccccc3F)c3ncccc23)[nH]c1=O. The molecular formula is C21H19FN6O3. The van der Waals surface area contributed by atoms with Gasteiger partial charge in [0.1, 0.15) is 22.6 Å². The molecule has 0 radical (unpaired) electrons. The van der Waals surface area contributed by atoms with Crippen molar-refractivity contribution in [1.29, 1.82) is 0 Å². The summed E-state index contributed by atoms with van der Waals surface area (Å²) in [6.07, 6.45) is 1.60. The van der Waals surface area contributed by atoms with E-state index in [-0.39, 0.29) is 23.9 Å². The highest BCUT2D eigenvalue weighted by atomic mass is 19.1. The summed E-state index contributed by atoms with van der Waals surface area (Å²) in [6, 6.07) is 9.89. The molecule has 3 heterocycles. The quantitative estimate of drug-likeness (QED) is 0.490. The van der Waals surface area contributed by atoms with Crippen LogP contribution >= 0.6 is 0 Å². The molecule has 1 N–H and O–H groups in total. The molecule has 10 heteroatoms. The smallest absolute Gasteiger partial charge is 0.317 e. The van der Waals surface area contributed by atoms with Crippen LogP contribution in [0.5, 0.6) is 0 Å². The van der Waals surface area contributed by atoms with E-state index < -0.39 is 16.9 Å². The predicted octanol–water partition coefficient (Wildman–Crippen LogP) is 2.21. The Morgan fingerprint density at radius 3 is 2.68 bits per heavy atom. The normalized spacial score (nSPS) is 11.6. The molecule has 0 spiro atoms. The van der Waals surface area contributed by atoms with Crippen molar-refractivity contribution in [1.82, 2.24) is 29.9 Å². The highest BCUT2D eigenvalue weighted by molar-refractivity contribution is 5.89. The van der Waals surface area contributed by atoms with Crippen molar-refractivity contribution >= 4 is 17.0 Å². The fourth-order valence-corrected chi connectivity index (χ4v) is 3.29. The zero-order chi connectivity index (χ0) is 22.2. The first-order valence-corrected chi connectivity index (χ1v) is 9.44. The number of nitrogens with one attached hydrogen (secondary N) is 1. The van der Waals surface area contributed by atoms with Crippen molar-refractivity contribution in [2.45, 2.75) is 25.8 Å². The van der Waals surface area contributed by atoms with Crippen LogP contribution in [0.2, 0.25) is 0 Å². The third-order valence-electron chi connectivity index (χ3n) is 4.99. The Morgan fingerprint density at radius 2 is 1.97 bits per heavy atom. The van der Waals surface area contributed by atoms with Gasteiger partial charge in [0.2, 0.25) is 0 Å². The Hall–Kier alpha value is -3.95. The number of methoxy groups -OCH3 is 1. The van der Waals surface area contributed by atoms with E-state index in [0.29, 0.717) is 22.3 Å². The Morgan fingerprint density at radius 1 is 1.19 bits per heavy atom. The second kappa shape index (κ2) is 7.71. The lowest BCUT2D eigenvalue weighted by Gasteiger charge is -2.18. The molecule has 0 unspecified atom stereocenters.